The number of phenols is 1. The minimum atomic E-state index is 0.104. The topological polar surface area (TPSA) is 58.6 Å². The van der Waals surface area contributed by atoms with Crippen LogP contribution in [0.5, 0.6) is 17.2 Å². The van der Waals surface area contributed by atoms with E-state index in [0.29, 0.717) is 5.75 Å². The van der Waals surface area contributed by atoms with Gasteiger partial charge in [-0.25, -0.2) is 0 Å². The standard InChI is InChI=1S/C21H25NO3/c1-12(2)18-11-17(7-8-19(18)23)25-20-13(3)9-16(10-14(20)4)22-21(24)15-5-6-15/h7-12,15,23H,5-6H2,1-4H3,(H,22,24). The number of benzene rings is 2. The minimum absolute atomic E-state index is 0.104. The van der Waals surface area contributed by atoms with Crippen molar-refractivity contribution in [2.45, 2.75) is 46.5 Å². The molecule has 1 fully saturated rings. The number of amides is 1. The molecule has 25 heavy (non-hydrogen) atoms. The van der Waals surface area contributed by atoms with Gasteiger partial charge >= 0.3 is 0 Å². The molecule has 132 valence electrons. The summed E-state index contributed by atoms with van der Waals surface area (Å²) in [4.78, 5) is 11.9. The van der Waals surface area contributed by atoms with Gasteiger partial charge in [0.05, 0.1) is 0 Å². The molecule has 1 amide bonds. The molecule has 2 aromatic carbocycles. The molecule has 0 bridgehead atoms. The lowest BCUT2D eigenvalue weighted by Gasteiger charge is -2.16. The Morgan fingerprint density at radius 1 is 1.16 bits per heavy atom. The van der Waals surface area contributed by atoms with Gasteiger partial charge < -0.3 is 15.2 Å². The number of rotatable bonds is 5. The van der Waals surface area contributed by atoms with Gasteiger partial charge in [-0.15, -0.1) is 0 Å². The second-order valence-electron chi connectivity index (χ2n) is 7.18. The van der Waals surface area contributed by atoms with E-state index in [2.05, 4.69) is 5.32 Å². The number of phenolic OH excluding ortho intramolecular Hbond substituents is 1. The molecule has 0 unspecified atom stereocenters. The zero-order valence-corrected chi connectivity index (χ0v) is 15.2. The summed E-state index contributed by atoms with van der Waals surface area (Å²) in [5, 5.41) is 12.9. The highest BCUT2D eigenvalue weighted by Gasteiger charge is 2.29. The van der Waals surface area contributed by atoms with Gasteiger partial charge in [-0.3, -0.25) is 4.79 Å². The Bertz CT molecular complexity index is 784. The molecule has 0 saturated heterocycles. The van der Waals surface area contributed by atoms with Crippen molar-refractivity contribution in [3.05, 3.63) is 47.0 Å². The first kappa shape index (κ1) is 17.3. The number of ether oxygens (including phenoxy) is 1. The van der Waals surface area contributed by atoms with E-state index in [0.717, 1.165) is 41.0 Å². The molecule has 1 aliphatic carbocycles. The lowest BCUT2D eigenvalue weighted by atomic mass is 10.0. The summed E-state index contributed by atoms with van der Waals surface area (Å²) in [5.74, 6) is 2.27. The van der Waals surface area contributed by atoms with Gasteiger partial charge in [0, 0.05) is 17.2 Å². The molecule has 4 heteroatoms. The predicted molar refractivity (Wildman–Crippen MR) is 99.5 cm³/mol. The molecule has 1 saturated carbocycles. The smallest absolute Gasteiger partial charge is 0.227 e. The molecule has 3 rings (SSSR count). The van der Waals surface area contributed by atoms with Crippen molar-refractivity contribution in [1.29, 1.82) is 0 Å². The van der Waals surface area contributed by atoms with Crippen LogP contribution in [0.15, 0.2) is 30.3 Å². The van der Waals surface area contributed by atoms with Crippen molar-refractivity contribution in [3.8, 4) is 17.2 Å². The average Bonchev–Trinajstić information content (AvgIpc) is 3.37. The van der Waals surface area contributed by atoms with Crippen LogP contribution < -0.4 is 10.1 Å². The minimum Gasteiger partial charge on any atom is -0.508 e. The summed E-state index contributed by atoms with van der Waals surface area (Å²) >= 11 is 0. The molecular formula is C21H25NO3. The SMILES string of the molecule is Cc1cc(NC(=O)C2CC2)cc(C)c1Oc1ccc(O)c(C(C)C)c1. The van der Waals surface area contributed by atoms with Gasteiger partial charge in [-0.1, -0.05) is 13.8 Å². The highest BCUT2D eigenvalue weighted by molar-refractivity contribution is 5.94. The predicted octanol–water partition coefficient (Wildman–Crippen LogP) is 5.27. The highest BCUT2D eigenvalue weighted by Crippen LogP contribution is 2.36. The van der Waals surface area contributed by atoms with Crippen molar-refractivity contribution in [2.75, 3.05) is 5.32 Å². The maximum Gasteiger partial charge on any atom is 0.227 e. The van der Waals surface area contributed by atoms with E-state index in [1.165, 1.54) is 0 Å². The third kappa shape index (κ3) is 3.95. The van der Waals surface area contributed by atoms with Gasteiger partial charge in [-0.2, -0.15) is 0 Å². The summed E-state index contributed by atoms with van der Waals surface area (Å²) in [6.45, 7) is 8.01. The number of aromatic hydroxyl groups is 1. The maximum absolute atomic E-state index is 11.9. The average molecular weight is 339 g/mol. The first-order valence-electron chi connectivity index (χ1n) is 8.78. The van der Waals surface area contributed by atoms with Crippen molar-refractivity contribution >= 4 is 11.6 Å². The van der Waals surface area contributed by atoms with Crippen molar-refractivity contribution in [2.24, 2.45) is 5.92 Å². The molecular weight excluding hydrogens is 314 g/mol. The van der Waals surface area contributed by atoms with E-state index in [9.17, 15) is 9.90 Å². The summed E-state index contributed by atoms with van der Waals surface area (Å²) in [6, 6.07) is 9.18. The maximum atomic E-state index is 11.9. The molecule has 1 aliphatic rings. The summed E-state index contributed by atoms with van der Waals surface area (Å²) in [5.41, 5.74) is 3.60. The van der Waals surface area contributed by atoms with E-state index in [-0.39, 0.29) is 23.5 Å². The molecule has 0 spiro atoms. The van der Waals surface area contributed by atoms with Crippen LogP contribution in [0.3, 0.4) is 0 Å². The van der Waals surface area contributed by atoms with E-state index in [4.69, 9.17) is 4.74 Å². The highest BCUT2D eigenvalue weighted by atomic mass is 16.5. The van der Waals surface area contributed by atoms with Crippen molar-refractivity contribution in [1.82, 2.24) is 0 Å². The van der Waals surface area contributed by atoms with E-state index in [1.807, 2.05) is 45.9 Å². The van der Waals surface area contributed by atoms with Gasteiger partial charge in [0.1, 0.15) is 17.2 Å². The van der Waals surface area contributed by atoms with E-state index < -0.39 is 0 Å². The van der Waals surface area contributed by atoms with Crippen LogP contribution in [0.2, 0.25) is 0 Å². The van der Waals surface area contributed by atoms with E-state index >= 15 is 0 Å². The van der Waals surface area contributed by atoms with Gasteiger partial charge in [0.15, 0.2) is 0 Å². The summed E-state index contributed by atoms with van der Waals surface area (Å²) in [7, 11) is 0. The van der Waals surface area contributed by atoms with Crippen LogP contribution in [0, 0.1) is 19.8 Å². The molecule has 2 aromatic rings. The van der Waals surface area contributed by atoms with Crippen LogP contribution in [0.25, 0.3) is 0 Å². The molecule has 0 heterocycles. The number of hydrogen-bond acceptors (Lipinski definition) is 3. The normalized spacial score (nSPS) is 13.8. The molecule has 4 nitrogen and oxygen atoms in total. The van der Waals surface area contributed by atoms with Crippen LogP contribution in [-0.2, 0) is 4.79 Å². The van der Waals surface area contributed by atoms with Crippen molar-refractivity contribution < 1.29 is 14.6 Å². The quantitative estimate of drug-likeness (QED) is 0.780. The fourth-order valence-electron chi connectivity index (χ4n) is 2.95. The van der Waals surface area contributed by atoms with Crippen molar-refractivity contribution in [3.63, 3.8) is 0 Å². The fourth-order valence-corrected chi connectivity index (χ4v) is 2.95. The molecule has 0 aromatic heterocycles. The molecule has 0 atom stereocenters. The van der Waals surface area contributed by atoms with Gasteiger partial charge in [-0.05, 0) is 74.1 Å². The van der Waals surface area contributed by atoms with E-state index in [1.54, 1.807) is 12.1 Å². The first-order chi connectivity index (χ1) is 11.8. The molecule has 0 radical (unpaired) electrons. The number of hydrogen-bond donors (Lipinski definition) is 2. The zero-order valence-electron chi connectivity index (χ0n) is 15.2. The monoisotopic (exact) mass is 339 g/mol. The Hall–Kier alpha value is -2.49. The number of aryl methyl sites for hydroxylation is 2. The Morgan fingerprint density at radius 3 is 2.36 bits per heavy atom. The Labute approximate surface area is 148 Å². The van der Waals surface area contributed by atoms with Crippen LogP contribution >= 0.6 is 0 Å². The number of nitrogens with one attached hydrogen (secondary N) is 1. The molecule has 0 aliphatic heterocycles. The fraction of sp³-hybridized carbons (Fsp3) is 0.381. The molecule has 2 N–H and O–H groups in total. The second kappa shape index (κ2) is 6.79. The van der Waals surface area contributed by atoms with Crippen LogP contribution in [-0.4, -0.2) is 11.0 Å². The van der Waals surface area contributed by atoms with Crippen LogP contribution in [0.4, 0.5) is 5.69 Å². The first-order valence-corrected chi connectivity index (χ1v) is 8.78. The summed E-state index contributed by atoms with van der Waals surface area (Å²) < 4.78 is 6.08. The Kier molecular flexibility index (Phi) is 4.71. The van der Waals surface area contributed by atoms with Gasteiger partial charge in [0.25, 0.3) is 0 Å². The number of carbonyl (C=O) groups excluding carboxylic acids is 1. The van der Waals surface area contributed by atoms with Gasteiger partial charge in [0.2, 0.25) is 5.91 Å². The van der Waals surface area contributed by atoms with Crippen LogP contribution in [0.1, 0.15) is 49.3 Å². The summed E-state index contributed by atoms with van der Waals surface area (Å²) in [6.07, 6.45) is 1.98. The largest absolute Gasteiger partial charge is 0.508 e. The second-order valence-corrected chi connectivity index (χ2v) is 7.18. The number of anilines is 1. The lowest BCUT2D eigenvalue weighted by Crippen LogP contribution is -2.13. The third-order valence-electron chi connectivity index (χ3n) is 4.52. The Morgan fingerprint density at radius 2 is 1.80 bits per heavy atom. The Balaban J connectivity index is 1.83. The third-order valence-corrected chi connectivity index (χ3v) is 4.52. The zero-order chi connectivity index (χ0) is 18.1. The number of carbonyl (C=O) groups is 1. The lowest BCUT2D eigenvalue weighted by molar-refractivity contribution is -0.117.